The van der Waals surface area contributed by atoms with Gasteiger partial charge in [-0.2, -0.15) is 0 Å². The Labute approximate surface area is 135 Å². The number of urea groups is 1. The van der Waals surface area contributed by atoms with Gasteiger partial charge in [0.2, 0.25) is 10.0 Å². The summed E-state index contributed by atoms with van der Waals surface area (Å²) in [4.78, 5) is 15.4. The minimum Gasteiger partial charge on any atom is -0.338 e. The van der Waals surface area contributed by atoms with Gasteiger partial charge in [-0.25, -0.2) is 17.9 Å². The molecule has 0 unspecified atom stereocenters. The molecule has 2 amide bonds. The molecule has 0 saturated carbocycles. The van der Waals surface area contributed by atoms with E-state index in [9.17, 15) is 13.2 Å². The van der Waals surface area contributed by atoms with Gasteiger partial charge in [0, 0.05) is 24.5 Å². The minimum atomic E-state index is -3.15. The molecule has 1 aromatic rings. The average molecular weight is 345 g/mol. The van der Waals surface area contributed by atoms with Crippen LogP contribution in [-0.4, -0.2) is 44.7 Å². The molecule has 2 heterocycles. The number of hydrogen-bond acceptors (Lipinski definition) is 4. The first-order valence-electron chi connectivity index (χ1n) is 7.58. The lowest BCUT2D eigenvalue weighted by molar-refractivity contribution is 0.193. The normalized spacial score (nSPS) is 18.6. The molecule has 0 aromatic carbocycles. The predicted molar refractivity (Wildman–Crippen MR) is 88.5 cm³/mol. The van der Waals surface area contributed by atoms with Crippen molar-refractivity contribution in [3.63, 3.8) is 0 Å². The van der Waals surface area contributed by atoms with Crippen LogP contribution in [0.25, 0.3) is 0 Å². The van der Waals surface area contributed by atoms with E-state index in [0.717, 1.165) is 19.4 Å². The Morgan fingerprint density at radius 2 is 2.27 bits per heavy atom. The molecule has 1 aliphatic heterocycles. The maximum absolute atomic E-state index is 12.2. The van der Waals surface area contributed by atoms with Crippen LogP contribution in [0.4, 0.5) is 4.79 Å². The van der Waals surface area contributed by atoms with Gasteiger partial charge < -0.3 is 10.2 Å². The highest BCUT2D eigenvalue weighted by molar-refractivity contribution is 7.89. The van der Waals surface area contributed by atoms with E-state index in [0.29, 0.717) is 19.5 Å². The van der Waals surface area contributed by atoms with Gasteiger partial charge in [-0.1, -0.05) is 6.07 Å². The zero-order chi connectivity index (χ0) is 16.0. The van der Waals surface area contributed by atoms with Crippen LogP contribution in [-0.2, 0) is 10.0 Å². The Morgan fingerprint density at radius 1 is 1.45 bits per heavy atom. The quantitative estimate of drug-likeness (QED) is 0.741. The van der Waals surface area contributed by atoms with Gasteiger partial charge in [-0.05, 0) is 37.6 Å². The number of likely N-dealkylation sites (tertiary alicyclic amines) is 1. The van der Waals surface area contributed by atoms with Crippen LogP contribution in [0.15, 0.2) is 17.5 Å². The second-order valence-corrected chi connectivity index (χ2v) is 8.32. The van der Waals surface area contributed by atoms with Crippen LogP contribution in [0.1, 0.15) is 37.1 Å². The van der Waals surface area contributed by atoms with Gasteiger partial charge >= 0.3 is 6.03 Å². The molecule has 1 aromatic heterocycles. The molecule has 0 bridgehead atoms. The number of nitrogens with zero attached hydrogens (tertiary/aromatic N) is 1. The van der Waals surface area contributed by atoms with E-state index in [1.165, 1.54) is 4.88 Å². The van der Waals surface area contributed by atoms with Gasteiger partial charge in [0.05, 0.1) is 11.8 Å². The average Bonchev–Trinajstić information content (AvgIpc) is 3.17. The van der Waals surface area contributed by atoms with Crippen molar-refractivity contribution < 1.29 is 13.2 Å². The summed E-state index contributed by atoms with van der Waals surface area (Å²) in [6, 6.07) is 4.20. The van der Waals surface area contributed by atoms with Crippen LogP contribution < -0.4 is 10.0 Å². The zero-order valence-corrected chi connectivity index (χ0v) is 14.4. The number of nitrogens with one attached hydrogen (secondary N) is 2. The summed E-state index contributed by atoms with van der Waals surface area (Å²) in [6.45, 7) is 3.20. The third-order valence-corrected chi connectivity index (χ3v) is 6.09. The zero-order valence-electron chi connectivity index (χ0n) is 12.7. The Hall–Kier alpha value is -1.12. The van der Waals surface area contributed by atoms with Crippen LogP contribution in [0.3, 0.4) is 0 Å². The van der Waals surface area contributed by atoms with Gasteiger partial charge in [0.15, 0.2) is 0 Å². The molecule has 0 aliphatic carbocycles. The Kier molecular flexibility index (Phi) is 6.22. The molecule has 1 fully saturated rings. The van der Waals surface area contributed by atoms with E-state index < -0.39 is 10.0 Å². The fraction of sp³-hybridized carbons (Fsp3) is 0.643. The molecule has 2 rings (SSSR count). The third kappa shape index (κ3) is 4.69. The van der Waals surface area contributed by atoms with E-state index in [1.54, 1.807) is 18.3 Å². The number of amides is 2. The highest BCUT2D eigenvalue weighted by atomic mass is 32.2. The summed E-state index contributed by atoms with van der Waals surface area (Å²) in [5, 5.41) is 4.91. The molecule has 6 nitrogen and oxygen atoms in total. The van der Waals surface area contributed by atoms with Crippen molar-refractivity contribution in [1.82, 2.24) is 14.9 Å². The standard InChI is InChI=1S/C14H23N3O3S2/c1-2-22(19,20)16-9-5-8-15-14(18)17-10-3-6-12(17)13-7-4-11-21-13/h4,7,11-12,16H,2-3,5-6,8-10H2,1H3,(H,15,18)/t12-/m1/s1. The summed E-state index contributed by atoms with van der Waals surface area (Å²) in [5.74, 6) is 0.0790. The molecular formula is C14H23N3O3S2. The summed E-state index contributed by atoms with van der Waals surface area (Å²) < 4.78 is 25.0. The van der Waals surface area contributed by atoms with Crippen molar-refractivity contribution in [3.8, 4) is 0 Å². The molecule has 0 spiro atoms. The Morgan fingerprint density at radius 3 is 2.95 bits per heavy atom. The highest BCUT2D eigenvalue weighted by Crippen LogP contribution is 2.34. The maximum atomic E-state index is 12.2. The van der Waals surface area contributed by atoms with Gasteiger partial charge in [-0.3, -0.25) is 0 Å². The lowest BCUT2D eigenvalue weighted by atomic mass is 10.2. The lowest BCUT2D eigenvalue weighted by Gasteiger charge is -2.24. The molecule has 1 saturated heterocycles. The fourth-order valence-corrected chi connectivity index (χ4v) is 4.03. The Bertz CT molecular complexity index is 572. The molecule has 1 atom stereocenters. The molecular weight excluding hydrogens is 322 g/mol. The first-order chi connectivity index (χ1) is 10.5. The van der Waals surface area contributed by atoms with Gasteiger partial charge in [0.25, 0.3) is 0 Å². The van der Waals surface area contributed by atoms with Crippen LogP contribution in [0.5, 0.6) is 0 Å². The van der Waals surface area contributed by atoms with Crippen molar-refractivity contribution in [2.75, 3.05) is 25.4 Å². The van der Waals surface area contributed by atoms with E-state index in [-0.39, 0.29) is 17.8 Å². The van der Waals surface area contributed by atoms with Crippen molar-refractivity contribution in [2.45, 2.75) is 32.2 Å². The first-order valence-corrected chi connectivity index (χ1v) is 10.1. The van der Waals surface area contributed by atoms with Crippen LogP contribution in [0.2, 0.25) is 0 Å². The monoisotopic (exact) mass is 345 g/mol. The summed E-state index contributed by atoms with van der Waals surface area (Å²) in [7, 11) is -3.15. The predicted octanol–water partition coefficient (Wildman–Crippen LogP) is 1.92. The second-order valence-electron chi connectivity index (χ2n) is 5.25. The van der Waals surface area contributed by atoms with Crippen molar-refractivity contribution in [1.29, 1.82) is 0 Å². The third-order valence-electron chi connectivity index (χ3n) is 3.72. The summed E-state index contributed by atoms with van der Waals surface area (Å²) in [5.41, 5.74) is 0. The highest BCUT2D eigenvalue weighted by Gasteiger charge is 2.30. The van der Waals surface area contributed by atoms with Crippen LogP contribution >= 0.6 is 11.3 Å². The fourth-order valence-electron chi connectivity index (χ4n) is 2.50. The number of sulfonamides is 1. The number of hydrogen-bond donors (Lipinski definition) is 2. The molecule has 22 heavy (non-hydrogen) atoms. The SMILES string of the molecule is CCS(=O)(=O)NCCCNC(=O)N1CCC[C@@H]1c1cccs1. The van der Waals surface area contributed by atoms with Gasteiger partial charge in [-0.15, -0.1) is 11.3 Å². The van der Waals surface area contributed by atoms with Crippen molar-refractivity contribution in [3.05, 3.63) is 22.4 Å². The molecule has 8 heteroatoms. The summed E-state index contributed by atoms with van der Waals surface area (Å²) >= 11 is 1.68. The number of rotatable bonds is 7. The van der Waals surface area contributed by atoms with E-state index >= 15 is 0 Å². The minimum absolute atomic E-state index is 0.0609. The topological polar surface area (TPSA) is 78.5 Å². The molecule has 1 aliphatic rings. The molecule has 0 radical (unpaired) electrons. The summed E-state index contributed by atoms with van der Waals surface area (Å²) in [6.07, 6.45) is 2.61. The molecule has 124 valence electrons. The maximum Gasteiger partial charge on any atom is 0.317 e. The number of carbonyl (C=O) groups excluding carboxylic acids is 1. The first kappa shape index (κ1) is 17.2. The number of thiophene rings is 1. The molecule has 2 N–H and O–H groups in total. The van der Waals surface area contributed by atoms with E-state index in [1.807, 2.05) is 16.3 Å². The second kappa shape index (κ2) is 7.94. The van der Waals surface area contributed by atoms with E-state index in [2.05, 4.69) is 16.1 Å². The van der Waals surface area contributed by atoms with Crippen molar-refractivity contribution in [2.24, 2.45) is 0 Å². The van der Waals surface area contributed by atoms with E-state index in [4.69, 9.17) is 0 Å². The van der Waals surface area contributed by atoms with Crippen LogP contribution in [0, 0.1) is 0 Å². The largest absolute Gasteiger partial charge is 0.338 e. The number of carbonyl (C=O) groups is 1. The van der Waals surface area contributed by atoms with Crippen molar-refractivity contribution >= 4 is 27.4 Å². The lowest BCUT2D eigenvalue weighted by Crippen LogP contribution is -2.40. The van der Waals surface area contributed by atoms with Gasteiger partial charge in [0.1, 0.15) is 0 Å². The Balaban J connectivity index is 1.73. The smallest absolute Gasteiger partial charge is 0.317 e.